The average Bonchev–Trinajstić information content (AvgIpc) is 2.67. The van der Waals surface area contributed by atoms with E-state index in [-0.39, 0.29) is 11.4 Å². The number of nitrogens with zero attached hydrogens (tertiary/aromatic N) is 3. The number of nitrogens with one attached hydrogen (secondary N) is 2. The highest BCUT2D eigenvalue weighted by molar-refractivity contribution is 6.32. The van der Waals surface area contributed by atoms with Gasteiger partial charge in [-0.1, -0.05) is 29.8 Å². The number of pyridine rings is 1. The summed E-state index contributed by atoms with van der Waals surface area (Å²) in [5.41, 5.74) is 4.52. The van der Waals surface area contributed by atoms with Crippen molar-refractivity contribution in [1.82, 2.24) is 25.6 Å². The molecule has 2 N–H and O–H groups in total. The molecule has 0 aliphatic carbocycles. The quantitative estimate of drug-likeness (QED) is 0.669. The van der Waals surface area contributed by atoms with Crippen LogP contribution in [0.5, 0.6) is 0 Å². The van der Waals surface area contributed by atoms with Crippen molar-refractivity contribution in [2.75, 3.05) is 0 Å². The topological polar surface area (TPSA) is 106 Å². The van der Waals surface area contributed by atoms with Gasteiger partial charge in [0.05, 0.1) is 10.7 Å². The van der Waals surface area contributed by atoms with Gasteiger partial charge in [0.25, 0.3) is 11.8 Å². The molecule has 0 unspecified atom stereocenters. The summed E-state index contributed by atoms with van der Waals surface area (Å²) in [6.07, 6.45) is 1.44. The van der Waals surface area contributed by atoms with Gasteiger partial charge in [0.1, 0.15) is 5.69 Å². The third-order valence-corrected chi connectivity index (χ3v) is 3.91. The van der Waals surface area contributed by atoms with Gasteiger partial charge in [0.15, 0.2) is 5.69 Å². The summed E-state index contributed by atoms with van der Waals surface area (Å²) in [5.74, 6) is -1.48. The lowest BCUT2D eigenvalue weighted by atomic mass is 10.2. The van der Waals surface area contributed by atoms with E-state index in [0.717, 1.165) is 0 Å². The summed E-state index contributed by atoms with van der Waals surface area (Å²) < 4.78 is 1.39. The monoisotopic (exact) mass is 383 g/mol. The molecule has 3 aromatic rings. The number of benzene rings is 1. The summed E-state index contributed by atoms with van der Waals surface area (Å²) in [6.45, 7) is 1.67. The zero-order valence-electron chi connectivity index (χ0n) is 14.1. The van der Waals surface area contributed by atoms with E-state index in [1.807, 2.05) is 0 Å². The number of amides is 2. The first-order chi connectivity index (χ1) is 13.0. The molecular weight excluding hydrogens is 370 g/mol. The van der Waals surface area contributed by atoms with Crippen LogP contribution in [0.25, 0.3) is 5.69 Å². The van der Waals surface area contributed by atoms with Crippen LogP contribution in [0.4, 0.5) is 0 Å². The minimum Gasteiger partial charge on any atom is -0.287 e. The second kappa shape index (κ2) is 7.79. The number of carbonyl (C=O) groups excluding carboxylic acids is 2. The largest absolute Gasteiger partial charge is 0.294 e. The minimum absolute atomic E-state index is 0.114. The molecule has 0 aliphatic heterocycles. The highest BCUT2D eigenvalue weighted by Gasteiger charge is 2.17. The van der Waals surface area contributed by atoms with Crippen LogP contribution < -0.4 is 16.3 Å². The Hall–Kier alpha value is -3.52. The molecule has 2 amide bonds. The third kappa shape index (κ3) is 4.01. The molecule has 0 spiro atoms. The summed E-state index contributed by atoms with van der Waals surface area (Å²) >= 11 is 6.17. The Kier molecular flexibility index (Phi) is 5.28. The van der Waals surface area contributed by atoms with Crippen molar-refractivity contribution in [2.45, 2.75) is 6.92 Å². The molecule has 3 rings (SSSR count). The van der Waals surface area contributed by atoms with Crippen molar-refractivity contribution < 1.29 is 9.59 Å². The van der Waals surface area contributed by atoms with Gasteiger partial charge in [-0.3, -0.25) is 30.2 Å². The first-order valence-electron chi connectivity index (χ1n) is 7.85. The van der Waals surface area contributed by atoms with Crippen molar-refractivity contribution >= 4 is 23.4 Å². The molecule has 0 atom stereocenters. The number of aryl methyl sites for hydroxylation is 1. The van der Waals surface area contributed by atoms with E-state index in [1.165, 1.54) is 23.0 Å². The number of hydrogen-bond donors (Lipinski definition) is 2. The molecule has 1 aromatic carbocycles. The Morgan fingerprint density at radius 3 is 2.44 bits per heavy atom. The molecule has 0 radical (unpaired) electrons. The average molecular weight is 384 g/mol. The highest BCUT2D eigenvalue weighted by Crippen LogP contribution is 2.19. The van der Waals surface area contributed by atoms with Crippen LogP contribution in [-0.4, -0.2) is 26.6 Å². The smallest absolute Gasteiger partial charge is 0.287 e. The maximum Gasteiger partial charge on any atom is 0.294 e. The molecule has 8 nitrogen and oxygen atoms in total. The second-order valence-corrected chi connectivity index (χ2v) is 5.89. The molecule has 2 aromatic heterocycles. The van der Waals surface area contributed by atoms with E-state index in [4.69, 9.17) is 11.6 Å². The Morgan fingerprint density at radius 2 is 1.74 bits per heavy atom. The summed E-state index contributed by atoms with van der Waals surface area (Å²) in [4.78, 5) is 40.3. The van der Waals surface area contributed by atoms with Crippen molar-refractivity contribution in [1.29, 1.82) is 0 Å². The third-order valence-electron chi connectivity index (χ3n) is 3.59. The fourth-order valence-electron chi connectivity index (χ4n) is 2.31. The number of halogens is 1. The standard InChI is InChI=1S/C18H14ClN5O3/c1-11-10-15(25)16(23-24(11)14-8-3-2-6-12(14)19)18(27)22-21-17(26)13-7-4-5-9-20-13/h2-10H,1H3,(H,21,26)(H,22,27). The molecule has 0 saturated carbocycles. The predicted molar refractivity (Wildman–Crippen MR) is 98.8 cm³/mol. The lowest BCUT2D eigenvalue weighted by Crippen LogP contribution is -2.44. The second-order valence-electron chi connectivity index (χ2n) is 5.49. The van der Waals surface area contributed by atoms with Crippen LogP contribution in [0.2, 0.25) is 5.02 Å². The lowest BCUT2D eigenvalue weighted by Gasteiger charge is -2.12. The molecule has 0 bridgehead atoms. The van der Waals surface area contributed by atoms with E-state index >= 15 is 0 Å². The number of para-hydroxylation sites is 1. The number of rotatable bonds is 3. The summed E-state index contributed by atoms with van der Waals surface area (Å²) in [6, 6.07) is 12.9. The summed E-state index contributed by atoms with van der Waals surface area (Å²) in [7, 11) is 0. The molecule has 0 saturated heterocycles. The van der Waals surface area contributed by atoms with Gasteiger partial charge in [-0.15, -0.1) is 0 Å². The van der Waals surface area contributed by atoms with Gasteiger partial charge < -0.3 is 0 Å². The van der Waals surface area contributed by atoms with E-state index in [1.54, 1.807) is 43.3 Å². The van der Waals surface area contributed by atoms with Crippen molar-refractivity contribution in [2.24, 2.45) is 0 Å². The Labute approximate surface area is 158 Å². The first-order valence-corrected chi connectivity index (χ1v) is 8.23. The Balaban J connectivity index is 1.85. The zero-order valence-corrected chi connectivity index (χ0v) is 14.9. The van der Waals surface area contributed by atoms with Crippen LogP contribution in [-0.2, 0) is 0 Å². The number of aromatic nitrogens is 3. The first kappa shape index (κ1) is 18.3. The molecule has 2 heterocycles. The molecule has 27 heavy (non-hydrogen) atoms. The normalized spacial score (nSPS) is 10.3. The van der Waals surface area contributed by atoms with E-state index in [2.05, 4.69) is 20.9 Å². The van der Waals surface area contributed by atoms with Gasteiger partial charge >= 0.3 is 0 Å². The van der Waals surface area contributed by atoms with Crippen LogP contribution >= 0.6 is 11.6 Å². The van der Waals surface area contributed by atoms with Crippen LogP contribution in [0.1, 0.15) is 26.7 Å². The lowest BCUT2D eigenvalue weighted by molar-refractivity contribution is 0.0839. The van der Waals surface area contributed by atoms with Gasteiger partial charge in [0.2, 0.25) is 5.43 Å². The fraction of sp³-hybridized carbons (Fsp3) is 0.0556. The van der Waals surface area contributed by atoms with Crippen LogP contribution in [0, 0.1) is 6.92 Å². The molecular formula is C18H14ClN5O3. The summed E-state index contributed by atoms with van der Waals surface area (Å²) in [5, 5.41) is 4.50. The fourth-order valence-corrected chi connectivity index (χ4v) is 2.52. The Bertz CT molecular complexity index is 1070. The Morgan fingerprint density at radius 1 is 1.04 bits per heavy atom. The van der Waals surface area contributed by atoms with Crippen molar-refractivity contribution in [3.05, 3.63) is 87.1 Å². The van der Waals surface area contributed by atoms with Gasteiger partial charge in [0, 0.05) is 18.0 Å². The molecule has 9 heteroatoms. The van der Waals surface area contributed by atoms with Crippen LogP contribution in [0.15, 0.2) is 59.5 Å². The van der Waals surface area contributed by atoms with Crippen LogP contribution in [0.3, 0.4) is 0 Å². The van der Waals surface area contributed by atoms with E-state index < -0.39 is 17.2 Å². The highest BCUT2D eigenvalue weighted by atomic mass is 35.5. The minimum atomic E-state index is -0.856. The molecule has 136 valence electrons. The van der Waals surface area contributed by atoms with Crippen molar-refractivity contribution in [3.8, 4) is 5.69 Å². The van der Waals surface area contributed by atoms with Gasteiger partial charge in [-0.05, 0) is 31.2 Å². The number of hydrogen-bond acceptors (Lipinski definition) is 5. The molecule has 0 aliphatic rings. The van der Waals surface area contributed by atoms with Gasteiger partial charge in [-0.2, -0.15) is 5.10 Å². The van der Waals surface area contributed by atoms with E-state index in [0.29, 0.717) is 16.4 Å². The maximum absolute atomic E-state index is 12.3. The number of carbonyl (C=O) groups is 2. The van der Waals surface area contributed by atoms with Gasteiger partial charge in [-0.25, -0.2) is 4.68 Å². The van der Waals surface area contributed by atoms with E-state index in [9.17, 15) is 14.4 Å². The zero-order chi connectivity index (χ0) is 19.4. The molecule has 0 fully saturated rings. The number of hydrazine groups is 1. The van der Waals surface area contributed by atoms with Crippen molar-refractivity contribution in [3.63, 3.8) is 0 Å². The SMILES string of the molecule is Cc1cc(=O)c(C(=O)NNC(=O)c2ccccn2)nn1-c1ccccc1Cl. The maximum atomic E-state index is 12.3. The predicted octanol–water partition coefficient (Wildman–Crippen LogP) is 1.66.